The summed E-state index contributed by atoms with van der Waals surface area (Å²) in [6.45, 7) is 5.05. The lowest BCUT2D eigenvalue weighted by atomic mass is 9.87. The fourth-order valence-electron chi connectivity index (χ4n) is 2.52. The van der Waals surface area contributed by atoms with Crippen molar-refractivity contribution in [3.05, 3.63) is 29.8 Å². The lowest BCUT2D eigenvalue weighted by Gasteiger charge is -2.48. The Kier molecular flexibility index (Phi) is 3.06. The average molecular weight is 243 g/mol. The maximum atomic E-state index is 12.6. The summed E-state index contributed by atoms with van der Waals surface area (Å²) in [6, 6.07) is 5.97. The van der Waals surface area contributed by atoms with Gasteiger partial charge in [0.1, 0.15) is 0 Å². The van der Waals surface area contributed by atoms with Gasteiger partial charge in [-0.2, -0.15) is 13.2 Å². The number of nitrogens with zero attached hydrogens (tertiary/aromatic N) is 1. The average Bonchev–Trinajstić information content (AvgIpc) is 2.25. The zero-order valence-electron chi connectivity index (χ0n) is 9.96. The molecule has 0 aromatic heterocycles. The van der Waals surface area contributed by atoms with Crippen molar-refractivity contribution in [2.45, 2.75) is 32.5 Å². The SMILES string of the molecule is CCC1[C@H](C)CN1c1cccc(C(F)(F)F)c1. The van der Waals surface area contributed by atoms with Gasteiger partial charge < -0.3 is 4.90 Å². The van der Waals surface area contributed by atoms with Crippen molar-refractivity contribution in [1.29, 1.82) is 0 Å². The van der Waals surface area contributed by atoms with Crippen molar-refractivity contribution in [1.82, 2.24) is 0 Å². The van der Waals surface area contributed by atoms with Crippen molar-refractivity contribution in [3.8, 4) is 0 Å². The normalized spacial score (nSPS) is 24.6. The molecule has 1 aliphatic rings. The third kappa shape index (κ3) is 2.26. The Bertz CT molecular complexity index is 400. The van der Waals surface area contributed by atoms with Gasteiger partial charge in [0.05, 0.1) is 5.56 Å². The van der Waals surface area contributed by atoms with Gasteiger partial charge in [-0.25, -0.2) is 0 Å². The molecule has 1 aromatic rings. The summed E-state index contributed by atoms with van der Waals surface area (Å²) >= 11 is 0. The molecular weight excluding hydrogens is 227 g/mol. The Hall–Kier alpha value is -1.19. The first-order chi connectivity index (χ1) is 7.93. The van der Waals surface area contributed by atoms with Crippen LogP contribution >= 0.6 is 0 Å². The van der Waals surface area contributed by atoms with Crippen LogP contribution in [0.5, 0.6) is 0 Å². The van der Waals surface area contributed by atoms with Gasteiger partial charge in [0.2, 0.25) is 0 Å². The molecule has 0 saturated carbocycles. The summed E-state index contributed by atoms with van der Waals surface area (Å²) in [4.78, 5) is 2.06. The van der Waals surface area contributed by atoms with Crippen LogP contribution in [0.4, 0.5) is 18.9 Å². The van der Waals surface area contributed by atoms with E-state index in [2.05, 4.69) is 18.7 Å². The number of hydrogen-bond acceptors (Lipinski definition) is 1. The smallest absolute Gasteiger partial charge is 0.368 e. The van der Waals surface area contributed by atoms with Crippen molar-refractivity contribution < 1.29 is 13.2 Å². The van der Waals surface area contributed by atoms with E-state index in [0.717, 1.165) is 19.0 Å². The molecule has 4 heteroatoms. The molecule has 0 spiro atoms. The zero-order valence-corrected chi connectivity index (χ0v) is 9.96. The van der Waals surface area contributed by atoms with Crippen molar-refractivity contribution in [2.75, 3.05) is 11.4 Å². The van der Waals surface area contributed by atoms with Gasteiger partial charge in [0.15, 0.2) is 0 Å². The van der Waals surface area contributed by atoms with E-state index < -0.39 is 11.7 Å². The third-order valence-electron chi connectivity index (χ3n) is 3.47. The van der Waals surface area contributed by atoms with Crippen molar-refractivity contribution >= 4 is 5.69 Å². The van der Waals surface area contributed by atoms with E-state index in [1.807, 2.05) is 0 Å². The summed E-state index contributed by atoms with van der Waals surface area (Å²) in [5.74, 6) is 0.564. The summed E-state index contributed by atoms with van der Waals surface area (Å²) in [7, 11) is 0. The summed E-state index contributed by atoms with van der Waals surface area (Å²) in [5, 5.41) is 0. The van der Waals surface area contributed by atoms with Crippen LogP contribution in [0, 0.1) is 5.92 Å². The largest absolute Gasteiger partial charge is 0.416 e. The Labute approximate surface area is 99.2 Å². The molecule has 0 N–H and O–H groups in total. The Morgan fingerprint density at radius 2 is 2.06 bits per heavy atom. The fourth-order valence-corrected chi connectivity index (χ4v) is 2.52. The van der Waals surface area contributed by atoms with E-state index in [-0.39, 0.29) is 0 Å². The van der Waals surface area contributed by atoms with Gasteiger partial charge in [-0.1, -0.05) is 19.9 Å². The molecule has 0 amide bonds. The van der Waals surface area contributed by atoms with E-state index in [9.17, 15) is 13.2 Å². The summed E-state index contributed by atoms with van der Waals surface area (Å²) < 4.78 is 37.8. The number of alkyl halides is 3. The highest BCUT2D eigenvalue weighted by molar-refractivity contribution is 5.52. The minimum absolute atomic E-state index is 0.374. The van der Waals surface area contributed by atoms with Gasteiger partial charge in [0, 0.05) is 18.3 Å². The summed E-state index contributed by atoms with van der Waals surface area (Å²) in [6.07, 6.45) is -3.29. The molecule has 1 aromatic carbocycles. The molecule has 0 bridgehead atoms. The minimum atomic E-state index is -4.26. The molecule has 1 aliphatic heterocycles. The number of anilines is 1. The minimum Gasteiger partial charge on any atom is -0.368 e. The molecule has 1 heterocycles. The van der Waals surface area contributed by atoms with E-state index in [1.165, 1.54) is 12.1 Å². The van der Waals surface area contributed by atoms with Crippen LogP contribution in [0.3, 0.4) is 0 Å². The first-order valence-corrected chi connectivity index (χ1v) is 5.87. The van der Waals surface area contributed by atoms with E-state index in [0.29, 0.717) is 17.6 Å². The maximum Gasteiger partial charge on any atom is 0.416 e. The highest BCUT2D eigenvalue weighted by atomic mass is 19.4. The van der Waals surface area contributed by atoms with Crippen LogP contribution < -0.4 is 4.90 Å². The van der Waals surface area contributed by atoms with Crippen molar-refractivity contribution in [3.63, 3.8) is 0 Å². The predicted molar refractivity (Wildman–Crippen MR) is 62.0 cm³/mol. The molecule has 0 radical (unpaired) electrons. The first-order valence-electron chi connectivity index (χ1n) is 5.87. The highest BCUT2D eigenvalue weighted by Crippen LogP contribution is 2.36. The Morgan fingerprint density at radius 3 is 2.59 bits per heavy atom. The van der Waals surface area contributed by atoms with Crippen LogP contribution in [0.15, 0.2) is 24.3 Å². The quantitative estimate of drug-likeness (QED) is 0.760. The molecule has 2 atom stereocenters. The second-order valence-electron chi connectivity index (χ2n) is 4.65. The van der Waals surface area contributed by atoms with E-state index >= 15 is 0 Å². The molecule has 1 nitrogen and oxygen atoms in total. The molecule has 94 valence electrons. The van der Waals surface area contributed by atoms with E-state index in [1.54, 1.807) is 6.07 Å². The number of rotatable bonds is 2. The highest BCUT2D eigenvalue weighted by Gasteiger charge is 2.36. The molecule has 1 unspecified atom stereocenters. The fraction of sp³-hybridized carbons (Fsp3) is 0.538. The van der Waals surface area contributed by atoms with Gasteiger partial charge >= 0.3 is 6.18 Å². The number of benzene rings is 1. The molecule has 17 heavy (non-hydrogen) atoms. The standard InChI is InChI=1S/C13H16F3N/c1-3-12-9(2)8-17(12)11-6-4-5-10(7-11)13(14,15)16/h4-7,9,12H,3,8H2,1-2H3/t9-,12?/m1/s1. The third-order valence-corrected chi connectivity index (χ3v) is 3.47. The number of hydrogen-bond donors (Lipinski definition) is 0. The zero-order chi connectivity index (χ0) is 12.6. The monoisotopic (exact) mass is 243 g/mol. The molecule has 1 fully saturated rings. The predicted octanol–water partition coefficient (Wildman–Crippen LogP) is 3.94. The van der Waals surface area contributed by atoms with Crippen LogP contribution in [0.25, 0.3) is 0 Å². The summed E-state index contributed by atoms with van der Waals surface area (Å²) in [5.41, 5.74) is 0.120. The first kappa shape index (κ1) is 12.3. The second-order valence-corrected chi connectivity index (χ2v) is 4.65. The lowest BCUT2D eigenvalue weighted by molar-refractivity contribution is -0.137. The molecule has 2 rings (SSSR count). The van der Waals surface area contributed by atoms with Crippen molar-refractivity contribution in [2.24, 2.45) is 5.92 Å². The Balaban J connectivity index is 2.23. The van der Waals surface area contributed by atoms with Gasteiger partial charge in [-0.05, 0) is 30.5 Å². The molecule has 0 aliphatic carbocycles. The van der Waals surface area contributed by atoms with E-state index in [4.69, 9.17) is 0 Å². The number of halogens is 3. The Morgan fingerprint density at radius 1 is 1.35 bits per heavy atom. The molecular formula is C13H16F3N. The van der Waals surface area contributed by atoms with Crippen LogP contribution in [-0.4, -0.2) is 12.6 Å². The second kappa shape index (κ2) is 4.24. The topological polar surface area (TPSA) is 3.24 Å². The van der Waals surface area contributed by atoms with Crippen LogP contribution in [-0.2, 0) is 6.18 Å². The van der Waals surface area contributed by atoms with Crippen LogP contribution in [0.1, 0.15) is 25.8 Å². The van der Waals surface area contributed by atoms with Crippen LogP contribution in [0.2, 0.25) is 0 Å². The van der Waals surface area contributed by atoms with Gasteiger partial charge in [-0.15, -0.1) is 0 Å². The lowest BCUT2D eigenvalue weighted by Crippen LogP contribution is -2.54. The van der Waals surface area contributed by atoms with Gasteiger partial charge in [-0.3, -0.25) is 0 Å². The van der Waals surface area contributed by atoms with Gasteiger partial charge in [0.25, 0.3) is 0 Å². The maximum absolute atomic E-state index is 12.6. The molecule has 1 saturated heterocycles.